The molecule has 108 valence electrons. The van der Waals surface area contributed by atoms with Gasteiger partial charge in [0, 0.05) is 16.1 Å². The van der Waals surface area contributed by atoms with Crippen molar-refractivity contribution in [3.63, 3.8) is 0 Å². The molecule has 0 aromatic heterocycles. The molecule has 0 spiro atoms. The number of rotatable bonds is 3. The molecule has 4 heteroatoms. The van der Waals surface area contributed by atoms with Gasteiger partial charge in [-0.3, -0.25) is 0 Å². The number of esters is 1. The Morgan fingerprint density at radius 1 is 1.05 bits per heavy atom. The average Bonchev–Trinajstić information content (AvgIpc) is 2.36. The maximum Gasteiger partial charge on any atom is 0.336 e. The van der Waals surface area contributed by atoms with E-state index in [0.717, 1.165) is 11.1 Å². The van der Waals surface area contributed by atoms with E-state index in [2.05, 4.69) is 0 Å². The Hall–Kier alpha value is -1.77. The average molecular weight is 321 g/mol. The zero-order valence-corrected chi connectivity index (χ0v) is 13.2. The van der Waals surface area contributed by atoms with Crippen LogP contribution in [0, 0.1) is 13.8 Å². The molecule has 2 aromatic rings. The Bertz CT molecular complexity index is 686. The van der Waals surface area contributed by atoms with E-state index in [1.807, 2.05) is 32.0 Å². The molecule has 0 heterocycles. The first-order valence-corrected chi connectivity index (χ1v) is 7.13. The van der Waals surface area contributed by atoms with Crippen LogP contribution in [0.15, 0.2) is 42.5 Å². The number of hydrogen-bond acceptors (Lipinski definition) is 2. The Kier molecular flexibility index (Phi) is 5.05. The van der Waals surface area contributed by atoms with Crippen LogP contribution >= 0.6 is 23.2 Å². The lowest BCUT2D eigenvalue weighted by atomic mass is 10.1. The van der Waals surface area contributed by atoms with Crippen molar-refractivity contribution in [1.82, 2.24) is 0 Å². The highest BCUT2D eigenvalue weighted by atomic mass is 35.5. The first-order valence-electron chi connectivity index (χ1n) is 6.37. The standard InChI is InChI=1S/C17H14Cl2O2/c1-11-7-12(2)9-15(8-11)21-17(20)6-4-13-3-5-14(18)10-16(13)19/h3-10H,1-2H3/b6-4+. The van der Waals surface area contributed by atoms with Crippen LogP contribution in [-0.4, -0.2) is 5.97 Å². The fourth-order valence-electron chi connectivity index (χ4n) is 1.94. The van der Waals surface area contributed by atoms with Gasteiger partial charge in [0.2, 0.25) is 0 Å². The molecule has 2 nitrogen and oxygen atoms in total. The summed E-state index contributed by atoms with van der Waals surface area (Å²) >= 11 is 11.8. The summed E-state index contributed by atoms with van der Waals surface area (Å²) in [5.41, 5.74) is 2.79. The molecular weight excluding hydrogens is 307 g/mol. The van der Waals surface area contributed by atoms with Crippen LogP contribution in [0.25, 0.3) is 6.08 Å². The van der Waals surface area contributed by atoms with Crippen molar-refractivity contribution < 1.29 is 9.53 Å². The summed E-state index contributed by atoms with van der Waals surface area (Å²) in [5, 5.41) is 1.04. The van der Waals surface area contributed by atoms with Crippen LogP contribution in [0.4, 0.5) is 0 Å². The molecule has 0 saturated heterocycles. The van der Waals surface area contributed by atoms with E-state index in [1.165, 1.54) is 6.08 Å². The van der Waals surface area contributed by atoms with E-state index in [4.69, 9.17) is 27.9 Å². The van der Waals surface area contributed by atoms with Crippen molar-refractivity contribution in [3.05, 3.63) is 69.2 Å². The third kappa shape index (κ3) is 4.62. The minimum Gasteiger partial charge on any atom is -0.423 e. The molecule has 0 N–H and O–H groups in total. The Labute approximate surface area is 134 Å². The molecule has 0 saturated carbocycles. The molecule has 21 heavy (non-hydrogen) atoms. The number of hydrogen-bond donors (Lipinski definition) is 0. The van der Waals surface area contributed by atoms with Gasteiger partial charge in [-0.25, -0.2) is 4.79 Å². The first-order chi connectivity index (χ1) is 9.94. The van der Waals surface area contributed by atoms with Gasteiger partial charge in [0.05, 0.1) is 0 Å². The number of halogens is 2. The molecule has 0 fully saturated rings. The molecule has 0 bridgehead atoms. The summed E-state index contributed by atoms with van der Waals surface area (Å²) in [4.78, 5) is 11.8. The van der Waals surface area contributed by atoms with Crippen LogP contribution < -0.4 is 4.74 Å². The molecule has 0 radical (unpaired) electrons. The lowest BCUT2D eigenvalue weighted by molar-refractivity contribution is -0.128. The highest BCUT2D eigenvalue weighted by molar-refractivity contribution is 6.35. The summed E-state index contributed by atoms with van der Waals surface area (Å²) in [6, 6.07) is 10.7. The molecule has 0 aliphatic heterocycles. The van der Waals surface area contributed by atoms with Gasteiger partial charge >= 0.3 is 5.97 Å². The predicted molar refractivity (Wildman–Crippen MR) is 87.0 cm³/mol. The van der Waals surface area contributed by atoms with Gasteiger partial charge in [0.25, 0.3) is 0 Å². The first kappa shape index (κ1) is 15.6. The zero-order valence-electron chi connectivity index (χ0n) is 11.7. The Morgan fingerprint density at radius 2 is 1.71 bits per heavy atom. The Morgan fingerprint density at radius 3 is 2.33 bits per heavy atom. The highest BCUT2D eigenvalue weighted by Gasteiger charge is 2.03. The van der Waals surface area contributed by atoms with Crippen LogP contribution in [0.3, 0.4) is 0 Å². The third-order valence-corrected chi connectivity index (χ3v) is 3.34. The topological polar surface area (TPSA) is 26.3 Å². The van der Waals surface area contributed by atoms with E-state index in [1.54, 1.807) is 24.3 Å². The largest absolute Gasteiger partial charge is 0.423 e. The van der Waals surface area contributed by atoms with Gasteiger partial charge in [-0.15, -0.1) is 0 Å². The maximum atomic E-state index is 11.8. The number of carbonyl (C=O) groups is 1. The van der Waals surface area contributed by atoms with E-state index >= 15 is 0 Å². The van der Waals surface area contributed by atoms with Crippen molar-refractivity contribution in [2.24, 2.45) is 0 Å². The maximum absolute atomic E-state index is 11.8. The number of carbonyl (C=O) groups excluding carboxylic acids is 1. The Balaban J connectivity index is 2.09. The fraction of sp³-hybridized carbons (Fsp3) is 0.118. The lowest BCUT2D eigenvalue weighted by Gasteiger charge is -2.04. The zero-order chi connectivity index (χ0) is 15.4. The normalized spacial score (nSPS) is 10.9. The SMILES string of the molecule is Cc1cc(C)cc(OC(=O)/C=C/c2ccc(Cl)cc2Cl)c1. The van der Waals surface area contributed by atoms with Gasteiger partial charge in [-0.2, -0.15) is 0 Å². The highest BCUT2D eigenvalue weighted by Crippen LogP contribution is 2.22. The summed E-state index contributed by atoms with van der Waals surface area (Å²) < 4.78 is 5.27. The number of aryl methyl sites for hydroxylation is 2. The molecule has 0 unspecified atom stereocenters. The van der Waals surface area contributed by atoms with E-state index in [-0.39, 0.29) is 0 Å². The van der Waals surface area contributed by atoms with Crippen LogP contribution in [0.2, 0.25) is 10.0 Å². The molecule has 2 aromatic carbocycles. The van der Waals surface area contributed by atoms with Crippen molar-refractivity contribution in [2.45, 2.75) is 13.8 Å². The fourth-order valence-corrected chi connectivity index (χ4v) is 2.41. The van der Waals surface area contributed by atoms with Gasteiger partial charge in [-0.1, -0.05) is 35.3 Å². The number of ether oxygens (including phenoxy) is 1. The van der Waals surface area contributed by atoms with E-state index in [0.29, 0.717) is 21.4 Å². The predicted octanol–water partition coefficient (Wildman–Crippen LogP) is 5.23. The summed E-state index contributed by atoms with van der Waals surface area (Å²) in [6.45, 7) is 3.90. The molecule has 2 rings (SSSR count). The van der Waals surface area contributed by atoms with Gasteiger partial charge in [0.15, 0.2) is 0 Å². The lowest BCUT2D eigenvalue weighted by Crippen LogP contribution is -2.04. The van der Waals surface area contributed by atoms with Crippen molar-refractivity contribution in [2.75, 3.05) is 0 Å². The van der Waals surface area contributed by atoms with Crippen molar-refractivity contribution >= 4 is 35.2 Å². The van der Waals surface area contributed by atoms with Gasteiger partial charge in [-0.05, 0) is 60.9 Å². The van der Waals surface area contributed by atoms with Gasteiger partial charge < -0.3 is 4.74 Å². The van der Waals surface area contributed by atoms with Gasteiger partial charge in [0.1, 0.15) is 5.75 Å². The second-order valence-electron chi connectivity index (χ2n) is 4.74. The second-order valence-corrected chi connectivity index (χ2v) is 5.59. The minimum atomic E-state index is -0.453. The molecule has 0 amide bonds. The monoisotopic (exact) mass is 320 g/mol. The summed E-state index contributed by atoms with van der Waals surface area (Å²) in [6.07, 6.45) is 2.94. The van der Waals surface area contributed by atoms with Crippen LogP contribution in [0.5, 0.6) is 5.75 Å². The molecule has 0 atom stereocenters. The molecule has 0 aliphatic carbocycles. The number of benzene rings is 2. The third-order valence-electron chi connectivity index (χ3n) is 2.78. The molecular formula is C17H14Cl2O2. The van der Waals surface area contributed by atoms with E-state index < -0.39 is 5.97 Å². The van der Waals surface area contributed by atoms with Crippen molar-refractivity contribution in [3.8, 4) is 5.75 Å². The van der Waals surface area contributed by atoms with E-state index in [9.17, 15) is 4.79 Å². The second kappa shape index (κ2) is 6.79. The summed E-state index contributed by atoms with van der Waals surface area (Å²) in [7, 11) is 0. The summed E-state index contributed by atoms with van der Waals surface area (Å²) in [5.74, 6) is 0.0790. The molecule has 0 aliphatic rings. The quantitative estimate of drug-likeness (QED) is 0.439. The smallest absolute Gasteiger partial charge is 0.336 e. The minimum absolute atomic E-state index is 0.453. The van der Waals surface area contributed by atoms with Crippen LogP contribution in [0.1, 0.15) is 16.7 Å². The van der Waals surface area contributed by atoms with Crippen LogP contribution in [-0.2, 0) is 4.79 Å². The van der Waals surface area contributed by atoms with Crippen molar-refractivity contribution in [1.29, 1.82) is 0 Å².